The van der Waals surface area contributed by atoms with Gasteiger partial charge in [0.2, 0.25) is 0 Å². The maximum Gasteiger partial charge on any atom is 0.254 e. The van der Waals surface area contributed by atoms with Crippen molar-refractivity contribution in [2.45, 2.75) is 0 Å². The summed E-state index contributed by atoms with van der Waals surface area (Å²) in [6.07, 6.45) is 0. The highest BCUT2D eigenvalue weighted by atomic mass is 32.1. The quantitative estimate of drug-likeness (QED) is 0.170. The Hall–Kier alpha value is -6.56. The molecule has 246 valence electrons. The fourth-order valence-corrected chi connectivity index (χ4v) is 10.5. The van der Waals surface area contributed by atoms with Gasteiger partial charge >= 0.3 is 0 Å². The van der Waals surface area contributed by atoms with Gasteiger partial charge < -0.3 is 14.4 Å². The summed E-state index contributed by atoms with van der Waals surface area (Å²) >= 11 is 1.94. The third-order valence-corrected chi connectivity index (χ3v) is 12.5. The zero-order chi connectivity index (χ0) is 34.6. The second kappa shape index (κ2) is 11.0. The molecule has 0 fully saturated rings. The van der Waals surface area contributed by atoms with Gasteiger partial charge in [0.15, 0.2) is 0 Å². The van der Waals surface area contributed by atoms with Crippen molar-refractivity contribution < 1.29 is 0 Å². The number of thiophene rings is 1. The van der Waals surface area contributed by atoms with Crippen LogP contribution < -0.4 is 26.2 Å². The zero-order valence-corrected chi connectivity index (χ0v) is 29.5. The molecule has 2 aliphatic rings. The number of nitrogens with zero attached hydrogens (tertiary/aromatic N) is 3. The van der Waals surface area contributed by atoms with Gasteiger partial charge in [-0.15, -0.1) is 11.3 Å². The summed E-state index contributed by atoms with van der Waals surface area (Å²) in [6.45, 7) is 0.0446. The normalized spacial score (nSPS) is 12.8. The molecule has 10 aromatic rings. The third-order valence-electron chi connectivity index (χ3n) is 11.3. The van der Waals surface area contributed by atoms with Gasteiger partial charge in [0, 0.05) is 65.1 Å². The molecule has 5 heteroatoms. The first-order valence-electron chi connectivity index (χ1n) is 18.2. The van der Waals surface area contributed by atoms with E-state index in [0.717, 1.165) is 22.7 Å². The van der Waals surface area contributed by atoms with Crippen LogP contribution in [0.5, 0.6) is 0 Å². The van der Waals surface area contributed by atoms with Gasteiger partial charge in [-0.1, -0.05) is 109 Å². The molecule has 3 nitrogen and oxygen atoms in total. The smallest absolute Gasteiger partial charge is 0.254 e. The van der Waals surface area contributed by atoms with E-state index in [4.69, 9.17) is 0 Å². The minimum atomic E-state index is 0.0446. The first-order chi connectivity index (χ1) is 26.3. The Morgan fingerprint density at radius 3 is 1.85 bits per heavy atom. The van der Waals surface area contributed by atoms with Crippen molar-refractivity contribution >= 4 is 111 Å². The van der Waals surface area contributed by atoms with Crippen LogP contribution in [-0.2, 0) is 0 Å². The highest BCUT2D eigenvalue weighted by Gasteiger charge is 2.44. The van der Waals surface area contributed by atoms with Crippen LogP contribution in [0.25, 0.3) is 47.7 Å². The molecule has 0 radical (unpaired) electrons. The molecule has 0 amide bonds. The highest BCUT2D eigenvalue weighted by Crippen LogP contribution is 2.47. The summed E-state index contributed by atoms with van der Waals surface area (Å²) in [5.41, 5.74) is 14.8. The molecule has 4 heterocycles. The number of aromatic nitrogens is 1. The maximum atomic E-state index is 2.59. The number of para-hydroxylation sites is 5. The van der Waals surface area contributed by atoms with Crippen LogP contribution in [0, 0.1) is 0 Å². The van der Waals surface area contributed by atoms with Crippen LogP contribution in [0.4, 0.5) is 34.1 Å². The standard InChI is InChI=1S/C48H30BN3S/c1-4-16-31(17-5-1)50(32-18-6-2-7-19-32)34-28-42-45-43(29-34)52-40-25-13-10-22-35(40)37-30-38-36-23-11-15-27-44(36)53-48(38)46(47(37)52)49(45)39-24-12-14-26-41(39)51(42)33-20-8-3-9-21-33/h1-30H. The molecule has 0 bridgehead atoms. The van der Waals surface area contributed by atoms with Crippen LogP contribution in [0.15, 0.2) is 182 Å². The molecule has 0 N–H and O–H groups in total. The molecule has 0 saturated heterocycles. The molecule has 53 heavy (non-hydrogen) atoms. The molecule has 12 rings (SSSR count). The summed E-state index contributed by atoms with van der Waals surface area (Å²) in [5.74, 6) is 0. The van der Waals surface area contributed by atoms with E-state index < -0.39 is 0 Å². The lowest BCUT2D eigenvalue weighted by molar-refractivity contribution is 1.17. The number of hydrogen-bond donors (Lipinski definition) is 0. The molecule has 0 unspecified atom stereocenters. The molecule has 0 spiro atoms. The second-order valence-corrected chi connectivity index (χ2v) is 15.1. The van der Waals surface area contributed by atoms with Crippen molar-refractivity contribution in [1.29, 1.82) is 0 Å². The summed E-state index contributed by atoms with van der Waals surface area (Å²) < 4.78 is 5.31. The van der Waals surface area contributed by atoms with Gasteiger partial charge in [-0.2, -0.15) is 0 Å². The summed E-state index contributed by atoms with van der Waals surface area (Å²) in [6, 6.07) is 66.9. The molecular formula is C48H30BN3S. The lowest BCUT2D eigenvalue weighted by atomic mass is 9.33. The van der Waals surface area contributed by atoms with Crippen LogP contribution in [-0.4, -0.2) is 11.3 Å². The summed E-state index contributed by atoms with van der Waals surface area (Å²) in [5, 5.41) is 5.28. The van der Waals surface area contributed by atoms with Gasteiger partial charge in [0.25, 0.3) is 6.71 Å². The largest absolute Gasteiger partial charge is 0.311 e. The average Bonchev–Trinajstić information content (AvgIpc) is 3.76. The Kier molecular flexibility index (Phi) is 6.02. The van der Waals surface area contributed by atoms with E-state index in [1.54, 1.807) is 0 Å². The first-order valence-corrected chi connectivity index (χ1v) is 19.0. The lowest BCUT2D eigenvalue weighted by Gasteiger charge is -2.41. The van der Waals surface area contributed by atoms with Gasteiger partial charge in [-0.3, -0.25) is 0 Å². The number of fused-ring (bicyclic) bond motifs is 11. The molecule has 2 aromatic heterocycles. The van der Waals surface area contributed by atoms with Crippen LogP contribution in [0.3, 0.4) is 0 Å². The molecule has 2 aliphatic heterocycles. The van der Waals surface area contributed by atoms with E-state index in [2.05, 4.69) is 196 Å². The molecule has 8 aromatic carbocycles. The van der Waals surface area contributed by atoms with Gasteiger partial charge in [0.1, 0.15) is 0 Å². The van der Waals surface area contributed by atoms with E-state index in [-0.39, 0.29) is 6.71 Å². The highest BCUT2D eigenvalue weighted by molar-refractivity contribution is 7.28. The minimum Gasteiger partial charge on any atom is -0.311 e. The van der Waals surface area contributed by atoms with Crippen molar-refractivity contribution in [2.24, 2.45) is 0 Å². The van der Waals surface area contributed by atoms with E-state index in [9.17, 15) is 0 Å². The van der Waals surface area contributed by atoms with E-state index >= 15 is 0 Å². The average molecular weight is 692 g/mol. The Balaban J connectivity index is 1.29. The van der Waals surface area contributed by atoms with E-state index in [1.807, 2.05) is 11.3 Å². The van der Waals surface area contributed by atoms with Crippen LogP contribution in [0.1, 0.15) is 0 Å². The monoisotopic (exact) mass is 691 g/mol. The lowest BCUT2D eigenvalue weighted by Crippen LogP contribution is -2.60. The Labute approximate surface area is 311 Å². The number of hydrogen-bond acceptors (Lipinski definition) is 3. The number of benzene rings is 8. The Bertz CT molecular complexity index is 3040. The molecule has 0 aliphatic carbocycles. The predicted molar refractivity (Wildman–Crippen MR) is 228 cm³/mol. The van der Waals surface area contributed by atoms with Gasteiger partial charge in [-0.05, 0) is 89.2 Å². The number of anilines is 6. The third kappa shape index (κ3) is 4.00. The SMILES string of the molecule is c1ccc(N(c2ccccc2)c2cc3c4c(c2)-n2c5ccccc5c5cc6c(sc7ccccc76)c(c52)B4c2ccccc2N3c2ccccc2)cc1. The van der Waals surface area contributed by atoms with E-state index in [1.165, 1.54) is 75.4 Å². The second-order valence-electron chi connectivity index (χ2n) is 14.1. The zero-order valence-electron chi connectivity index (χ0n) is 28.6. The van der Waals surface area contributed by atoms with Crippen molar-refractivity contribution in [3.8, 4) is 5.69 Å². The van der Waals surface area contributed by atoms with Crippen molar-refractivity contribution in [3.05, 3.63) is 182 Å². The fourth-order valence-electron chi connectivity index (χ4n) is 9.24. The van der Waals surface area contributed by atoms with Crippen molar-refractivity contribution in [2.75, 3.05) is 9.80 Å². The Morgan fingerprint density at radius 1 is 0.453 bits per heavy atom. The molecular weight excluding hydrogens is 661 g/mol. The topological polar surface area (TPSA) is 11.4 Å². The molecule has 0 saturated carbocycles. The predicted octanol–water partition coefficient (Wildman–Crippen LogP) is 11.2. The first kappa shape index (κ1) is 29.1. The maximum absolute atomic E-state index is 2.59. The van der Waals surface area contributed by atoms with Gasteiger partial charge in [0.05, 0.1) is 16.7 Å². The fraction of sp³-hybridized carbons (Fsp3) is 0. The van der Waals surface area contributed by atoms with E-state index in [0.29, 0.717) is 0 Å². The summed E-state index contributed by atoms with van der Waals surface area (Å²) in [4.78, 5) is 4.91. The van der Waals surface area contributed by atoms with Gasteiger partial charge in [-0.25, -0.2) is 0 Å². The Morgan fingerprint density at radius 2 is 1.08 bits per heavy atom. The summed E-state index contributed by atoms with van der Waals surface area (Å²) in [7, 11) is 0. The minimum absolute atomic E-state index is 0.0446. The van der Waals surface area contributed by atoms with Crippen molar-refractivity contribution in [3.63, 3.8) is 0 Å². The number of rotatable bonds is 4. The van der Waals surface area contributed by atoms with Crippen LogP contribution >= 0.6 is 11.3 Å². The molecule has 0 atom stereocenters. The van der Waals surface area contributed by atoms with Crippen LogP contribution in [0.2, 0.25) is 0 Å². The van der Waals surface area contributed by atoms with Crippen molar-refractivity contribution in [1.82, 2.24) is 4.57 Å².